The molecule has 4 saturated carbocycles. The van der Waals surface area contributed by atoms with E-state index in [1.54, 1.807) is 0 Å². The molecule has 0 aromatic rings. The minimum Gasteiger partial charge on any atom is -0.297 e. The molecule has 4 aliphatic carbocycles. The molecule has 0 aromatic carbocycles. The minimum absolute atomic E-state index is 0.333. The zero-order valence-electron chi connectivity index (χ0n) is 12.7. The van der Waals surface area contributed by atoms with E-state index in [0.29, 0.717) is 11.5 Å². The summed E-state index contributed by atoms with van der Waals surface area (Å²) in [6, 6.07) is 2.96. The van der Waals surface area contributed by atoms with Crippen molar-refractivity contribution in [3.05, 3.63) is 0 Å². The van der Waals surface area contributed by atoms with Crippen LogP contribution in [0.4, 0.5) is 0 Å². The highest BCUT2D eigenvalue weighted by Crippen LogP contribution is 2.62. The maximum Gasteiger partial charge on any atom is 0.104 e. The van der Waals surface area contributed by atoms with Gasteiger partial charge in [-0.2, -0.15) is 5.26 Å². The van der Waals surface area contributed by atoms with Gasteiger partial charge in [-0.25, -0.2) is 0 Å². The predicted molar refractivity (Wildman–Crippen MR) is 77.5 cm³/mol. The average Bonchev–Trinajstić information content (AvgIpc) is 2.24. The van der Waals surface area contributed by atoms with E-state index < -0.39 is 0 Å². The molecule has 0 saturated heterocycles. The summed E-state index contributed by atoms with van der Waals surface area (Å²) in [5, 5.41) is 13.1. The second kappa shape index (κ2) is 4.48. The molecule has 2 heteroatoms. The van der Waals surface area contributed by atoms with Crippen LogP contribution in [0.2, 0.25) is 0 Å². The van der Waals surface area contributed by atoms with Crippen LogP contribution < -0.4 is 5.32 Å². The van der Waals surface area contributed by atoms with Crippen molar-refractivity contribution in [2.24, 2.45) is 23.2 Å². The van der Waals surface area contributed by atoms with Crippen LogP contribution >= 0.6 is 0 Å². The number of nitriles is 1. The molecule has 0 heterocycles. The van der Waals surface area contributed by atoms with Crippen LogP contribution in [0.3, 0.4) is 0 Å². The second-order valence-corrected chi connectivity index (χ2v) is 8.34. The summed E-state index contributed by atoms with van der Waals surface area (Å²) in [4.78, 5) is 0. The highest BCUT2D eigenvalue weighted by Gasteiger charge is 2.52. The Morgan fingerprint density at radius 1 is 1.16 bits per heavy atom. The molecule has 1 unspecified atom stereocenters. The molecule has 1 N–H and O–H groups in total. The zero-order valence-corrected chi connectivity index (χ0v) is 12.7. The van der Waals surface area contributed by atoms with Crippen LogP contribution in [-0.2, 0) is 0 Å². The van der Waals surface area contributed by atoms with Gasteiger partial charge in [0.25, 0.3) is 0 Å². The lowest BCUT2D eigenvalue weighted by Gasteiger charge is -2.58. The van der Waals surface area contributed by atoms with Gasteiger partial charge in [-0.3, -0.25) is 5.32 Å². The summed E-state index contributed by atoms with van der Waals surface area (Å²) < 4.78 is 0. The second-order valence-electron chi connectivity index (χ2n) is 8.34. The molecule has 4 fully saturated rings. The van der Waals surface area contributed by atoms with Crippen LogP contribution in [-0.4, -0.2) is 11.6 Å². The maximum atomic E-state index is 9.62. The number of hydrogen-bond donors (Lipinski definition) is 1. The van der Waals surface area contributed by atoms with E-state index in [9.17, 15) is 5.26 Å². The number of hydrogen-bond acceptors (Lipinski definition) is 2. The summed E-state index contributed by atoms with van der Waals surface area (Å²) in [6.07, 6.45) is 9.72. The van der Waals surface area contributed by atoms with E-state index in [0.717, 1.165) is 24.2 Å². The largest absolute Gasteiger partial charge is 0.297 e. The Hall–Kier alpha value is -0.550. The van der Waals surface area contributed by atoms with Crippen molar-refractivity contribution in [1.29, 1.82) is 5.26 Å². The van der Waals surface area contributed by atoms with E-state index in [1.165, 1.54) is 38.5 Å². The van der Waals surface area contributed by atoms with Gasteiger partial charge in [-0.15, -0.1) is 0 Å². The molecule has 0 aliphatic heterocycles. The molecule has 1 atom stereocenters. The zero-order chi connectivity index (χ0) is 13.7. The third kappa shape index (κ3) is 2.55. The maximum absolute atomic E-state index is 9.62. The Bertz CT molecular complexity index is 357. The molecular weight excluding hydrogens is 232 g/mol. The smallest absolute Gasteiger partial charge is 0.104 e. The van der Waals surface area contributed by atoms with E-state index in [-0.39, 0.29) is 5.54 Å². The van der Waals surface area contributed by atoms with Gasteiger partial charge < -0.3 is 0 Å². The van der Waals surface area contributed by atoms with Gasteiger partial charge in [-0.05, 0) is 88.9 Å². The Balaban J connectivity index is 1.77. The number of nitrogens with zero attached hydrogens (tertiary/aromatic N) is 1. The first-order chi connectivity index (χ1) is 8.92. The molecule has 4 bridgehead atoms. The Kier molecular flexibility index (Phi) is 3.17. The van der Waals surface area contributed by atoms with E-state index in [2.05, 4.69) is 32.2 Å². The van der Waals surface area contributed by atoms with Crippen molar-refractivity contribution in [2.75, 3.05) is 0 Å². The van der Waals surface area contributed by atoms with Crippen LogP contribution in [0.15, 0.2) is 0 Å². The molecule has 0 amide bonds. The lowest BCUT2D eigenvalue weighted by molar-refractivity contribution is -0.0660. The summed E-state index contributed by atoms with van der Waals surface area (Å²) in [6.45, 7) is 6.41. The third-order valence-electron chi connectivity index (χ3n) is 5.75. The highest BCUT2D eigenvalue weighted by molar-refractivity contribution is 5.11. The summed E-state index contributed by atoms with van der Waals surface area (Å²) in [5.41, 5.74) is 0.154. The average molecular weight is 260 g/mol. The molecule has 0 radical (unpaired) electrons. The molecule has 4 aliphatic rings. The fourth-order valence-electron chi connectivity index (χ4n) is 6.02. The van der Waals surface area contributed by atoms with Gasteiger partial charge in [0.1, 0.15) is 5.54 Å². The van der Waals surface area contributed by atoms with Crippen molar-refractivity contribution in [2.45, 2.75) is 77.3 Å². The normalized spacial score (nSPS) is 43.2. The monoisotopic (exact) mass is 260 g/mol. The molecule has 0 spiro atoms. The van der Waals surface area contributed by atoms with Gasteiger partial charge in [-0.1, -0.05) is 0 Å². The Labute approximate surface area is 118 Å². The first-order valence-corrected chi connectivity index (χ1v) is 8.11. The van der Waals surface area contributed by atoms with Gasteiger partial charge >= 0.3 is 0 Å². The fourth-order valence-corrected chi connectivity index (χ4v) is 6.02. The van der Waals surface area contributed by atoms with Crippen molar-refractivity contribution in [3.63, 3.8) is 0 Å². The fraction of sp³-hybridized carbons (Fsp3) is 0.941. The van der Waals surface area contributed by atoms with Gasteiger partial charge in [0.15, 0.2) is 0 Å². The molecule has 2 nitrogen and oxygen atoms in total. The van der Waals surface area contributed by atoms with Crippen LogP contribution in [0.5, 0.6) is 0 Å². The van der Waals surface area contributed by atoms with Crippen molar-refractivity contribution < 1.29 is 0 Å². The Morgan fingerprint density at radius 2 is 1.63 bits per heavy atom. The molecule has 4 rings (SSSR count). The van der Waals surface area contributed by atoms with Crippen LogP contribution in [0.1, 0.15) is 65.7 Å². The van der Waals surface area contributed by atoms with Crippen molar-refractivity contribution in [3.8, 4) is 6.07 Å². The van der Waals surface area contributed by atoms with Crippen molar-refractivity contribution >= 4 is 0 Å². The molecule has 106 valence electrons. The standard InChI is InChI=1S/C17H28N2/c1-12(2)19-16(3,11-18)10-17-7-13-4-14(8-17)6-15(5-13)9-17/h12-15,19H,4-10H2,1-3H3. The summed E-state index contributed by atoms with van der Waals surface area (Å²) >= 11 is 0. The quantitative estimate of drug-likeness (QED) is 0.833. The molecular formula is C17H28N2. The number of nitrogens with one attached hydrogen (secondary N) is 1. The van der Waals surface area contributed by atoms with E-state index in [4.69, 9.17) is 0 Å². The first kappa shape index (κ1) is 13.4. The predicted octanol–water partition coefficient (Wildman–Crippen LogP) is 3.87. The lowest BCUT2D eigenvalue weighted by Crippen LogP contribution is -2.53. The lowest BCUT2D eigenvalue weighted by atomic mass is 9.47. The number of rotatable bonds is 4. The third-order valence-corrected chi connectivity index (χ3v) is 5.75. The summed E-state index contributed by atoms with van der Waals surface area (Å²) in [7, 11) is 0. The molecule has 19 heavy (non-hydrogen) atoms. The first-order valence-electron chi connectivity index (χ1n) is 8.11. The highest BCUT2D eigenvalue weighted by atomic mass is 15.0. The summed E-state index contributed by atoms with van der Waals surface area (Å²) in [5.74, 6) is 2.94. The van der Waals surface area contributed by atoms with Crippen LogP contribution in [0, 0.1) is 34.5 Å². The molecule has 0 aromatic heterocycles. The Morgan fingerprint density at radius 3 is 2.00 bits per heavy atom. The van der Waals surface area contributed by atoms with Gasteiger partial charge in [0.2, 0.25) is 0 Å². The van der Waals surface area contributed by atoms with E-state index >= 15 is 0 Å². The van der Waals surface area contributed by atoms with Gasteiger partial charge in [0, 0.05) is 6.04 Å². The topological polar surface area (TPSA) is 35.8 Å². The minimum atomic E-state index is -0.333. The van der Waals surface area contributed by atoms with Crippen LogP contribution in [0.25, 0.3) is 0 Å². The van der Waals surface area contributed by atoms with E-state index in [1.807, 2.05) is 0 Å². The SMILES string of the molecule is CC(C)NC(C)(C#N)CC12CC3CC(CC(C3)C1)C2. The van der Waals surface area contributed by atoms with Gasteiger partial charge in [0.05, 0.1) is 6.07 Å². The van der Waals surface area contributed by atoms with Crippen molar-refractivity contribution in [1.82, 2.24) is 5.32 Å².